The molecule has 1 aliphatic heterocycles. The summed E-state index contributed by atoms with van der Waals surface area (Å²) in [6.07, 6.45) is 1.70. The lowest BCUT2D eigenvalue weighted by molar-refractivity contribution is 0.0725. The average Bonchev–Trinajstić information content (AvgIpc) is 3.39. The topological polar surface area (TPSA) is 56.6 Å². The van der Waals surface area contributed by atoms with Gasteiger partial charge in [0.2, 0.25) is 0 Å². The molecule has 0 N–H and O–H groups in total. The molecule has 1 unspecified atom stereocenters. The van der Waals surface area contributed by atoms with Crippen molar-refractivity contribution in [2.24, 2.45) is 7.05 Å². The van der Waals surface area contributed by atoms with Crippen LogP contribution >= 0.6 is 0 Å². The molecule has 6 heteroatoms. The van der Waals surface area contributed by atoms with Gasteiger partial charge in [-0.3, -0.25) is 9.48 Å². The predicted octanol–water partition coefficient (Wildman–Crippen LogP) is 6.10. The van der Waals surface area contributed by atoms with E-state index in [4.69, 9.17) is 14.6 Å². The number of hydrogen-bond acceptors (Lipinski definition) is 4. The van der Waals surface area contributed by atoms with E-state index in [2.05, 4.69) is 37.8 Å². The van der Waals surface area contributed by atoms with Gasteiger partial charge in [-0.15, -0.1) is 0 Å². The summed E-state index contributed by atoms with van der Waals surface area (Å²) in [4.78, 5) is 15.8. The van der Waals surface area contributed by atoms with E-state index in [1.165, 1.54) is 5.56 Å². The molecule has 0 bridgehead atoms. The zero-order chi connectivity index (χ0) is 25.9. The minimum atomic E-state index is -0.333. The first-order chi connectivity index (χ1) is 18.0. The number of benzene rings is 3. The number of aryl methyl sites for hydroxylation is 2. The van der Waals surface area contributed by atoms with Crippen LogP contribution in [0.15, 0.2) is 85.5 Å². The summed E-state index contributed by atoms with van der Waals surface area (Å²) in [6.45, 7) is 9.10. The normalized spacial score (nSPS) is 14.5. The van der Waals surface area contributed by atoms with Crippen molar-refractivity contribution in [3.8, 4) is 22.8 Å². The Bertz CT molecular complexity index is 1420. The fourth-order valence-electron chi connectivity index (χ4n) is 4.91. The number of fused-ring (bicyclic) bond motifs is 1. The van der Waals surface area contributed by atoms with E-state index in [0.29, 0.717) is 37.0 Å². The number of carbonyl (C=O) groups excluding carboxylic acids is 1. The Labute approximate surface area is 217 Å². The minimum Gasteiger partial charge on any atom is -0.490 e. The molecule has 5 rings (SSSR count). The van der Waals surface area contributed by atoms with Gasteiger partial charge in [-0.05, 0) is 37.1 Å². The molecule has 1 aliphatic rings. The highest BCUT2D eigenvalue weighted by Crippen LogP contribution is 2.46. The zero-order valence-corrected chi connectivity index (χ0v) is 21.5. The quantitative estimate of drug-likeness (QED) is 0.264. The van der Waals surface area contributed by atoms with E-state index in [1.807, 2.05) is 67.4 Å². The molecule has 1 aromatic heterocycles. The molecular weight excluding hydrogens is 462 g/mol. The van der Waals surface area contributed by atoms with Gasteiger partial charge in [0.25, 0.3) is 5.91 Å². The zero-order valence-electron chi connectivity index (χ0n) is 21.5. The number of carbonyl (C=O) groups is 1. The lowest BCUT2D eigenvalue weighted by Crippen LogP contribution is -2.29. The van der Waals surface area contributed by atoms with Crippen molar-refractivity contribution in [3.63, 3.8) is 0 Å². The number of rotatable bonds is 9. The van der Waals surface area contributed by atoms with Crippen LogP contribution in [-0.4, -0.2) is 33.8 Å². The highest BCUT2D eigenvalue weighted by atomic mass is 16.5. The van der Waals surface area contributed by atoms with Gasteiger partial charge < -0.3 is 14.4 Å². The smallest absolute Gasteiger partial charge is 0.273 e. The van der Waals surface area contributed by atoms with Crippen molar-refractivity contribution in [3.05, 3.63) is 113 Å². The van der Waals surface area contributed by atoms with Crippen LogP contribution in [0.5, 0.6) is 11.5 Å². The molecule has 1 atom stereocenters. The van der Waals surface area contributed by atoms with Crippen LogP contribution in [0.2, 0.25) is 0 Å². The lowest BCUT2D eigenvalue weighted by atomic mass is 9.95. The van der Waals surface area contributed by atoms with Gasteiger partial charge in [-0.1, -0.05) is 78.9 Å². The third kappa shape index (κ3) is 4.62. The summed E-state index contributed by atoms with van der Waals surface area (Å²) >= 11 is 0. The lowest BCUT2D eigenvalue weighted by Gasteiger charge is -2.27. The summed E-state index contributed by atoms with van der Waals surface area (Å²) in [5.41, 5.74) is 6.50. The van der Waals surface area contributed by atoms with E-state index in [1.54, 1.807) is 10.8 Å². The highest BCUT2D eigenvalue weighted by Gasteiger charge is 2.43. The van der Waals surface area contributed by atoms with E-state index in [9.17, 15) is 4.79 Å². The molecule has 37 heavy (non-hydrogen) atoms. The van der Waals surface area contributed by atoms with Crippen molar-refractivity contribution in [2.75, 3.05) is 13.2 Å². The second-order valence-electron chi connectivity index (χ2n) is 9.16. The molecule has 0 fully saturated rings. The summed E-state index contributed by atoms with van der Waals surface area (Å²) in [7, 11) is 1.84. The van der Waals surface area contributed by atoms with Crippen LogP contribution in [0.4, 0.5) is 0 Å². The summed E-state index contributed by atoms with van der Waals surface area (Å²) in [5.74, 6) is 1.25. The van der Waals surface area contributed by atoms with Crippen LogP contribution in [0.25, 0.3) is 11.3 Å². The van der Waals surface area contributed by atoms with Gasteiger partial charge in [-0.25, -0.2) is 0 Å². The van der Waals surface area contributed by atoms with Gasteiger partial charge in [0.1, 0.15) is 12.3 Å². The van der Waals surface area contributed by atoms with Crippen LogP contribution in [-0.2, 0) is 13.6 Å². The van der Waals surface area contributed by atoms with Gasteiger partial charge in [-0.2, -0.15) is 5.10 Å². The average molecular weight is 494 g/mol. The maximum Gasteiger partial charge on any atom is 0.273 e. The van der Waals surface area contributed by atoms with E-state index in [0.717, 1.165) is 27.9 Å². The monoisotopic (exact) mass is 493 g/mol. The SMILES string of the molecule is C=CCOc1ccc(C2c3c(-c4ccc(C)cc4)nn(C)c3C(=O)N2Cc2ccccc2)cc1OCC. The number of hydrogen-bond donors (Lipinski definition) is 0. The Morgan fingerprint density at radius 1 is 1.00 bits per heavy atom. The molecular formula is C31H31N3O3. The van der Waals surface area contributed by atoms with Crippen LogP contribution < -0.4 is 9.47 Å². The molecule has 0 spiro atoms. The first-order valence-corrected chi connectivity index (χ1v) is 12.5. The summed E-state index contributed by atoms with van der Waals surface area (Å²) in [6, 6.07) is 23.9. The highest BCUT2D eigenvalue weighted by molar-refractivity contribution is 6.00. The van der Waals surface area contributed by atoms with Crippen molar-refractivity contribution in [2.45, 2.75) is 26.4 Å². The Kier molecular flexibility index (Phi) is 6.82. The Balaban J connectivity index is 1.67. The Hall–Kier alpha value is -4.32. The third-order valence-corrected chi connectivity index (χ3v) is 6.59. The summed E-state index contributed by atoms with van der Waals surface area (Å²) in [5, 5.41) is 4.82. The standard InChI is InChI=1S/C31H31N3O3/c1-5-18-37-25-17-16-24(19-26(25)36-6-2)29-27-28(23-14-12-21(3)13-15-23)32-33(4)30(27)31(35)34(29)20-22-10-8-7-9-11-22/h5,7-17,19,29H,1,6,18,20H2,2-4H3. The van der Waals surface area contributed by atoms with E-state index in [-0.39, 0.29) is 11.9 Å². The van der Waals surface area contributed by atoms with Gasteiger partial charge in [0, 0.05) is 24.7 Å². The van der Waals surface area contributed by atoms with Crippen molar-refractivity contribution >= 4 is 5.91 Å². The molecule has 1 amide bonds. The van der Waals surface area contributed by atoms with Crippen LogP contribution in [0.1, 0.15) is 45.7 Å². The molecule has 0 saturated heterocycles. The maximum atomic E-state index is 13.9. The third-order valence-electron chi connectivity index (χ3n) is 6.59. The van der Waals surface area contributed by atoms with E-state index >= 15 is 0 Å². The molecule has 6 nitrogen and oxygen atoms in total. The maximum absolute atomic E-state index is 13.9. The summed E-state index contributed by atoms with van der Waals surface area (Å²) < 4.78 is 13.5. The molecule has 4 aromatic rings. The Morgan fingerprint density at radius 2 is 1.76 bits per heavy atom. The predicted molar refractivity (Wildman–Crippen MR) is 145 cm³/mol. The fraction of sp³-hybridized carbons (Fsp3) is 0.226. The Morgan fingerprint density at radius 3 is 2.46 bits per heavy atom. The number of ether oxygens (including phenoxy) is 2. The molecule has 188 valence electrons. The first-order valence-electron chi connectivity index (χ1n) is 12.5. The van der Waals surface area contributed by atoms with Gasteiger partial charge in [0.05, 0.1) is 18.3 Å². The molecule has 0 radical (unpaired) electrons. The van der Waals surface area contributed by atoms with Gasteiger partial charge >= 0.3 is 0 Å². The first kappa shape index (κ1) is 24.4. The van der Waals surface area contributed by atoms with Crippen molar-refractivity contribution < 1.29 is 14.3 Å². The van der Waals surface area contributed by atoms with E-state index < -0.39 is 0 Å². The molecule has 3 aromatic carbocycles. The van der Waals surface area contributed by atoms with Gasteiger partial charge in [0.15, 0.2) is 11.5 Å². The second kappa shape index (κ2) is 10.3. The molecule has 0 saturated carbocycles. The van der Waals surface area contributed by atoms with Crippen molar-refractivity contribution in [1.29, 1.82) is 0 Å². The minimum absolute atomic E-state index is 0.0397. The number of aromatic nitrogens is 2. The van der Waals surface area contributed by atoms with Crippen molar-refractivity contribution in [1.82, 2.24) is 14.7 Å². The second-order valence-corrected chi connectivity index (χ2v) is 9.16. The van der Waals surface area contributed by atoms with Crippen LogP contribution in [0.3, 0.4) is 0 Å². The fourth-order valence-corrected chi connectivity index (χ4v) is 4.91. The van der Waals surface area contributed by atoms with Crippen LogP contribution in [0, 0.1) is 6.92 Å². The number of amides is 1. The molecule has 2 heterocycles. The number of nitrogens with zero attached hydrogens (tertiary/aromatic N) is 3. The molecule has 0 aliphatic carbocycles. The largest absolute Gasteiger partial charge is 0.490 e.